The van der Waals surface area contributed by atoms with Gasteiger partial charge in [0.1, 0.15) is 0 Å². The van der Waals surface area contributed by atoms with Gasteiger partial charge in [-0.3, -0.25) is 19.7 Å². The number of ether oxygens (including phenoxy) is 1. The Morgan fingerprint density at radius 1 is 1.19 bits per heavy atom. The van der Waals surface area contributed by atoms with Gasteiger partial charge in [0.15, 0.2) is 6.10 Å². The van der Waals surface area contributed by atoms with E-state index in [0.29, 0.717) is 10.5 Å². The normalized spacial score (nSPS) is 11.9. The van der Waals surface area contributed by atoms with E-state index < -0.39 is 17.0 Å². The minimum atomic E-state index is -0.908. The van der Waals surface area contributed by atoms with E-state index in [1.54, 1.807) is 25.3 Å². The molecule has 0 amide bonds. The number of non-ortho nitro benzene ring substituents is 1. The lowest BCUT2D eigenvalue weighted by Gasteiger charge is -2.11. The highest BCUT2D eigenvalue weighted by atomic mass is 32.2. The topological polar surface area (TPSA) is 102 Å². The van der Waals surface area contributed by atoms with Crippen molar-refractivity contribution in [3.8, 4) is 0 Å². The standard InChI is InChI=1S/C19H16N2O5S/c1-12(19(23)16-10-20-17-5-3-2-4-15(16)17)26-18(22)11-27-14-8-6-13(7-9-14)21(24)25/h2-10,12,20H,11H2,1H3/t12-/m1/s1. The highest BCUT2D eigenvalue weighted by molar-refractivity contribution is 8.00. The number of rotatable bonds is 7. The van der Waals surface area contributed by atoms with Gasteiger partial charge in [-0.2, -0.15) is 0 Å². The summed E-state index contributed by atoms with van der Waals surface area (Å²) in [6.45, 7) is 1.54. The third-order valence-electron chi connectivity index (χ3n) is 3.94. The molecule has 0 saturated carbocycles. The zero-order valence-corrected chi connectivity index (χ0v) is 15.2. The predicted molar refractivity (Wildman–Crippen MR) is 102 cm³/mol. The molecule has 3 rings (SSSR count). The largest absolute Gasteiger partial charge is 0.454 e. The van der Waals surface area contributed by atoms with Crippen molar-refractivity contribution in [1.82, 2.24) is 4.98 Å². The van der Waals surface area contributed by atoms with Crippen LogP contribution in [0.3, 0.4) is 0 Å². The molecule has 0 aliphatic heterocycles. The van der Waals surface area contributed by atoms with Crippen LogP contribution in [0.2, 0.25) is 0 Å². The van der Waals surface area contributed by atoms with Gasteiger partial charge in [-0.15, -0.1) is 11.8 Å². The van der Waals surface area contributed by atoms with E-state index in [4.69, 9.17) is 4.74 Å². The van der Waals surface area contributed by atoms with Gasteiger partial charge in [-0.1, -0.05) is 18.2 Å². The first-order valence-electron chi connectivity index (χ1n) is 8.13. The highest BCUT2D eigenvalue weighted by Crippen LogP contribution is 2.23. The summed E-state index contributed by atoms with van der Waals surface area (Å²) >= 11 is 1.19. The molecule has 27 heavy (non-hydrogen) atoms. The molecule has 0 unspecified atom stereocenters. The summed E-state index contributed by atoms with van der Waals surface area (Å²) in [4.78, 5) is 38.5. The Labute approximate surface area is 158 Å². The maximum absolute atomic E-state index is 12.6. The second-order valence-corrected chi connectivity index (χ2v) is 6.83. The lowest BCUT2D eigenvalue weighted by Crippen LogP contribution is -2.25. The quantitative estimate of drug-likeness (QED) is 0.217. The molecule has 0 bridgehead atoms. The molecule has 1 aromatic heterocycles. The molecule has 0 radical (unpaired) electrons. The van der Waals surface area contributed by atoms with Crippen LogP contribution >= 0.6 is 11.8 Å². The summed E-state index contributed by atoms with van der Waals surface area (Å²) in [5, 5.41) is 11.4. The van der Waals surface area contributed by atoms with Crippen molar-refractivity contribution in [2.24, 2.45) is 0 Å². The number of H-pyrrole nitrogens is 1. The zero-order valence-electron chi connectivity index (χ0n) is 14.4. The van der Waals surface area contributed by atoms with Crippen molar-refractivity contribution in [2.75, 3.05) is 5.75 Å². The van der Waals surface area contributed by atoms with Gasteiger partial charge >= 0.3 is 5.97 Å². The van der Waals surface area contributed by atoms with Gasteiger partial charge in [0.05, 0.1) is 10.7 Å². The molecule has 0 saturated heterocycles. The minimum absolute atomic E-state index is 0.00329. The number of para-hydroxylation sites is 1. The molecule has 1 N–H and O–H groups in total. The molecule has 7 nitrogen and oxygen atoms in total. The van der Waals surface area contributed by atoms with Crippen LogP contribution in [0.25, 0.3) is 10.9 Å². The molecule has 3 aromatic rings. The fourth-order valence-corrected chi connectivity index (χ4v) is 3.27. The van der Waals surface area contributed by atoms with Gasteiger partial charge < -0.3 is 9.72 Å². The van der Waals surface area contributed by atoms with E-state index in [1.807, 2.05) is 24.3 Å². The molecular formula is C19H16N2O5S. The summed E-state index contributed by atoms with van der Waals surface area (Å²) in [6.07, 6.45) is 0.706. The van der Waals surface area contributed by atoms with E-state index >= 15 is 0 Å². The Morgan fingerprint density at radius 3 is 2.59 bits per heavy atom. The fraction of sp³-hybridized carbons (Fsp3) is 0.158. The van der Waals surface area contributed by atoms with Crippen LogP contribution in [-0.2, 0) is 9.53 Å². The van der Waals surface area contributed by atoms with Gasteiger partial charge in [-0.25, -0.2) is 0 Å². The van der Waals surface area contributed by atoms with Crippen LogP contribution in [0.1, 0.15) is 17.3 Å². The Balaban J connectivity index is 1.57. The number of esters is 1. The molecule has 0 spiro atoms. The van der Waals surface area contributed by atoms with Crippen molar-refractivity contribution in [3.05, 3.63) is 70.4 Å². The van der Waals surface area contributed by atoms with Crippen molar-refractivity contribution >= 4 is 40.1 Å². The first kappa shape index (κ1) is 18.7. The first-order chi connectivity index (χ1) is 13.0. The van der Waals surface area contributed by atoms with Crippen LogP contribution in [0.5, 0.6) is 0 Å². The number of nitrogens with zero attached hydrogens (tertiary/aromatic N) is 1. The van der Waals surface area contributed by atoms with E-state index in [2.05, 4.69) is 4.98 Å². The molecule has 0 aliphatic rings. The minimum Gasteiger partial charge on any atom is -0.454 e. The monoisotopic (exact) mass is 384 g/mol. The number of hydrogen-bond acceptors (Lipinski definition) is 6. The Kier molecular flexibility index (Phi) is 5.56. The summed E-state index contributed by atoms with van der Waals surface area (Å²) in [5.74, 6) is -0.802. The number of fused-ring (bicyclic) bond motifs is 1. The van der Waals surface area contributed by atoms with Crippen molar-refractivity contribution in [1.29, 1.82) is 0 Å². The second-order valence-electron chi connectivity index (χ2n) is 5.78. The molecule has 1 heterocycles. The van der Waals surface area contributed by atoms with Gasteiger partial charge in [0, 0.05) is 39.7 Å². The highest BCUT2D eigenvalue weighted by Gasteiger charge is 2.22. The molecule has 138 valence electrons. The van der Waals surface area contributed by atoms with E-state index in [9.17, 15) is 19.7 Å². The number of aromatic amines is 1. The van der Waals surface area contributed by atoms with Crippen molar-refractivity contribution in [2.45, 2.75) is 17.9 Å². The molecule has 8 heteroatoms. The Bertz CT molecular complexity index is 997. The molecule has 0 aliphatic carbocycles. The number of ketones is 1. The fourth-order valence-electron chi connectivity index (χ4n) is 2.59. The number of benzene rings is 2. The smallest absolute Gasteiger partial charge is 0.316 e. The van der Waals surface area contributed by atoms with Crippen LogP contribution in [-0.4, -0.2) is 33.5 Å². The maximum Gasteiger partial charge on any atom is 0.316 e. The molecular weight excluding hydrogens is 368 g/mol. The summed E-state index contributed by atoms with van der Waals surface area (Å²) in [5.41, 5.74) is 1.31. The molecule has 0 fully saturated rings. The number of nitro benzene ring substituents is 1. The van der Waals surface area contributed by atoms with Crippen molar-refractivity contribution < 1.29 is 19.2 Å². The average Bonchev–Trinajstić information content (AvgIpc) is 3.10. The van der Waals surface area contributed by atoms with Crippen LogP contribution in [0, 0.1) is 10.1 Å². The summed E-state index contributed by atoms with van der Waals surface area (Å²) in [6, 6.07) is 13.3. The van der Waals surface area contributed by atoms with Crippen LogP contribution < -0.4 is 0 Å². The number of nitrogens with one attached hydrogen (secondary N) is 1. The number of carbonyl (C=O) groups excluding carboxylic acids is 2. The SMILES string of the molecule is C[C@@H](OC(=O)CSc1ccc([N+](=O)[O-])cc1)C(=O)c1c[nH]c2ccccc12. The van der Waals surface area contributed by atoms with Gasteiger partial charge in [-0.05, 0) is 25.1 Å². The third kappa shape index (κ3) is 4.35. The number of hydrogen-bond donors (Lipinski definition) is 1. The second kappa shape index (κ2) is 8.05. The first-order valence-corrected chi connectivity index (χ1v) is 9.11. The summed E-state index contributed by atoms with van der Waals surface area (Å²) in [7, 11) is 0. The van der Waals surface area contributed by atoms with Gasteiger partial charge in [0.2, 0.25) is 5.78 Å². The van der Waals surface area contributed by atoms with Crippen LogP contribution in [0.4, 0.5) is 5.69 Å². The summed E-state index contributed by atoms with van der Waals surface area (Å²) < 4.78 is 5.24. The number of thioether (sulfide) groups is 1. The van der Waals surface area contributed by atoms with E-state index in [1.165, 1.54) is 23.9 Å². The van der Waals surface area contributed by atoms with E-state index in [0.717, 1.165) is 10.9 Å². The van der Waals surface area contributed by atoms with E-state index in [-0.39, 0.29) is 17.2 Å². The number of carbonyl (C=O) groups is 2. The number of Topliss-reactive ketones (excluding diaryl/α,β-unsaturated/α-hetero) is 1. The lowest BCUT2D eigenvalue weighted by molar-refractivity contribution is -0.384. The maximum atomic E-state index is 12.6. The zero-order chi connectivity index (χ0) is 19.4. The molecule has 1 atom stereocenters. The number of nitro groups is 1. The number of aromatic nitrogens is 1. The predicted octanol–water partition coefficient (Wildman–Crippen LogP) is 3.98. The Morgan fingerprint density at radius 2 is 1.89 bits per heavy atom. The average molecular weight is 384 g/mol. The van der Waals surface area contributed by atoms with Crippen LogP contribution in [0.15, 0.2) is 59.6 Å². The van der Waals surface area contributed by atoms with Gasteiger partial charge in [0.25, 0.3) is 5.69 Å². The molecule has 2 aromatic carbocycles. The van der Waals surface area contributed by atoms with Crippen molar-refractivity contribution in [3.63, 3.8) is 0 Å². The Hall–Kier alpha value is -3.13. The lowest BCUT2D eigenvalue weighted by atomic mass is 10.1. The third-order valence-corrected chi connectivity index (χ3v) is 4.92.